The number of nitrogens with one attached hydrogen (secondary N) is 1. The van der Waals surface area contributed by atoms with Gasteiger partial charge in [0.25, 0.3) is 5.91 Å². The van der Waals surface area contributed by atoms with Crippen molar-refractivity contribution in [2.45, 2.75) is 6.18 Å². The molecule has 0 aliphatic carbocycles. The number of benzene rings is 1. The predicted molar refractivity (Wildman–Crippen MR) is 75.7 cm³/mol. The molecule has 0 saturated heterocycles. The van der Waals surface area contributed by atoms with Gasteiger partial charge in [-0.25, -0.2) is 4.98 Å². The lowest BCUT2D eigenvalue weighted by atomic mass is 10.1. The fourth-order valence-corrected chi connectivity index (χ4v) is 2.03. The highest BCUT2D eigenvalue weighted by molar-refractivity contribution is 9.10. The van der Waals surface area contributed by atoms with E-state index in [1.165, 1.54) is 24.4 Å². The molecule has 0 fully saturated rings. The van der Waals surface area contributed by atoms with E-state index in [0.29, 0.717) is 10.2 Å². The molecule has 0 bridgehead atoms. The molecule has 0 aliphatic heterocycles. The van der Waals surface area contributed by atoms with Crippen molar-refractivity contribution in [3.63, 3.8) is 0 Å². The van der Waals surface area contributed by atoms with E-state index in [4.69, 9.17) is 5.73 Å². The molecule has 1 aromatic heterocycles. The van der Waals surface area contributed by atoms with E-state index in [-0.39, 0.29) is 11.4 Å². The first-order chi connectivity index (χ1) is 9.77. The number of anilines is 2. The van der Waals surface area contributed by atoms with Crippen LogP contribution in [0.3, 0.4) is 0 Å². The molecule has 0 atom stereocenters. The van der Waals surface area contributed by atoms with Crippen LogP contribution in [-0.2, 0) is 6.18 Å². The minimum Gasteiger partial charge on any atom is -0.397 e. The van der Waals surface area contributed by atoms with Crippen LogP contribution in [0.15, 0.2) is 41.0 Å². The Morgan fingerprint density at radius 2 is 2.00 bits per heavy atom. The van der Waals surface area contributed by atoms with Crippen LogP contribution in [0.2, 0.25) is 0 Å². The largest absolute Gasteiger partial charge is 0.416 e. The van der Waals surface area contributed by atoms with Gasteiger partial charge >= 0.3 is 6.18 Å². The molecular weight excluding hydrogens is 351 g/mol. The van der Waals surface area contributed by atoms with Gasteiger partial charge in [-0.05, 0) is 40.2 Å². The van der Waals surface area contributed by atoms with Crippen molar-refractivity contribution in [2.75, 3.05) is 11.1 Å². The Kier molecular flexibility index (Phi) is 4.17. The number of aromatic nitrogens is 1. The Balaban J connectivity index is 2.25. The molecule has 3 N–H and O–H groups in total. The normalized spacial score (nSPS) is 11.2. The number of pyridine rings is 1. The summed E-state index contributed by atoms with van der Waals surface area (Å²) in [6.07, 6.45) is -3.18. The van der Waals surface area contributed by atoms with Gasteiger partial charge in [0, 0.05) is 5.56 Å². The molecule has 1 heterocycles. The molecule has 8 heteroatoms. The molecule has 4 nitrogen and oxygen atoms in total. The maximum Gasteiger partial charge on any atom is 0.416 e. The number of nitrogen functional groups attached to an aromatic ring is 1. The van der Waals surface area contributed by atoms with Gasteiger partial charge in [0.05, 0.1) is 21.9 Å². The van der Waals surface area contributed by atoms with E-state index < -0.39 is 17.6 Å². The molecule has 2 rings (SSSR count). The molecule has 0 saturated carbocycles. The van der Waals surface area contributed by atoms with Gasteiger partial charge in [-0.2, -0.15) is 13.2 Å². The summed E-state index contributed by atoms with van der Waals surface area (Å²) in [5, 5.41) is 2.41. The van der Waals surface area contributed by atoms with Crippen LogP contribution in [0, 0.1) is 0 Å². The van der Waals surface area contributed by atoms with E-state index in [9.17, 15) is 18.0 Å². The summed E-state index contributed by atoms with van der Waals surface area (Å²) in [4.78, 5) is 15.8. The zero-order chi connectivity index (χ0) is 15.6. The highest BCUT2D eigenvalue weighted by Crippen LogP contribution is 2.30. The topological polar surface area (TPSA) is 68.0 Å². The van der Waals surface area contributed by atoms with Gasteiger partial charge in [-0.15, -0.1) is 0 Å². The first-order valence-electron chi connectivity index (χ1n) is 5.67. The zero-order valence-corrected chi connectivity index (χ0v) is 12.0. The predicted octanol–water partition coefficient (Wildman–Crippen LogP) is 3.70. The van der Waals surface area contributed by atoms with Crippen molar-refractivity contribution in [3.8, 4) is 0 Å². The third-order valence-corrected chi connectivity index (χ3v) is 3.15. The summed E-state index contributed by atoms with van der Waals surface area (Å²) in [5.41, 5.74) is 4.89. The fraction of sp³-hybridized carbons (Fsp3) is 0.0769. The minimum absolute atomic E-state index is 0.115. The lowest BCUT2D eigenvalue weighted by Gasteiger charge is -2.10. The molecule has 0 unspecified atom stereocenters. The highest BCUT2D eigenvalue weighted by atomic mass is 79.9. The number of halogens is 4. The standard InChI is InChI=1S/C13H9BrF3N3O/c14-10-5-9(18)6-19-11(10)20-12(21)7-2-1-3-8(4-7)13(15,16)17/h1-6H,18H2,(H,19,20,21). The maximum atomic E-state index is 12.6. The van der Waals surface area contributed by atoms with Gasteiger partial charge in [0.15, 0.2) is 0 Å². The first kappa shape index (κ1) is 15.3. The van der Waals surface area contributed by atoms with Crippen molar-refractivity contribution < 1.29 is 18.0 Å². The van der Waals surface area contributed by atoms with E-state index >= 15 is 0 Å². The van der Waals surface area contributed by atoms with Gasteiger partial charge in [-0.3, -0.25) is 4.79 Å². The Morgan fingerprint density at radius 3 is 2.62 bits per heavy atom. The summed E-state index contributed by atoms with van der Waals surface area (Å²) < 4.78 is 38.2. The number of hydrogen-bond donors (Lipinski definition) is 2. The zero-order valence-electron chi connectivity index (χ0n) is 10.4. The number of hydrogen-bond acceptors (Lipinski definition) is 3. The van der Waals surface area contributed by atoms with Crippen LogP contribution in [0.5, 0.6) is 0 Å². The van der Waals surface area contributed by atoms with Crippen LogP contribution >= 0.6 is 15.9 Å². The van der Waals surface area contributed by atoms with E-state index in [1.807, 2.05) is 0 Å². The third kappa shape index (κ3) is 3.72. The Morgan fingerprint density at radius 1 is 1.29 bits per heavy atom. The average Bonchev–Trinajstić information content (AvgIpc) is 2.41. The lowest BCUT2D eigenvalue weighted by Crippen LogP contribution is -2.15. The number of rotatable bonds is 2. The minimum atomic E-state index is -4.50. The second-order valence-electron chi connectivity index (χ2n) is 4.13. The summed E-state index contributed by atoms with van der Waals surface area (Å²) >= 11 is 3.16. The third-order valence-electron chi connectivity index (χ3n) is 2.55. The van der Waals surface area contributed by atoms with Gasteiger partial charge < -0.3 is 11.1 Å². The number of carbonyl (C=O) groups excluding carboxylic acids is 1. The molecular formula is C13H9BrF3N3O. The van der Waals surface area contributed by atoms with Crippen molar-refractivity contribution >= 4 is 33.3 Å². The molecule has 1 aromatic carbocycles. The SMILES string of the molecule is Nc1cnc(NC(=O)c2cccc(C(F)(F)F)c2)c(Br)c1. The number of carbonyl (C=O) groups is 1. The quantitative estimate of drug-likeness (QED) is 0.858. The van der Waals surface area contributed by atoms with Crippen molar-refractivity contribution in [1.29, 1.82) is 0 Å². The van der Waals surface area contributed by atoms with E-state index in [0.717, 1.165) is 12.1 Å². The van der Waals surface area contributed by atoms with Crippen LogP contribution < -0.4 is 11.1 Å². The van der Waals surface area contributed by atoms with Crippen molar-refractivity contribution in [3.05, 3.63) is 52.1 Å². The fourth-order valence-electron chi connectivity index (χ4n) is 1.56. The molecule has 1 amide bonds. The van der Waals surface area contributed by atoms with Crippen molar-refractivity contribution in [2.24, 2.45) is 0 Å². The monoisotopic (exact) mass is 359 g/mol. The molecule has 110 valence electrons. The summed E-state index contributed by atoms with van der Waals surface area (Å²) in [7, 11) is 0. The number of alkyl halides is 3. The van der Waals surface area contributed by atoms with Gasteiger partial charge in [0.2, 0.25) is 0 Å². The van der Waals surface area contributed by atoms with E-state index in [1.54, 1.807) is 0 Å². The van der Waals surface area contributed by atoms with Crippen LogP contribution in [0.4, 0.5) is 24.7 Å². The van der Waals surface area contributed by atoms with Crippen LogP contribution in [-0.4, -0.2) is 10.9 Å². The summed E-state index contributed by atoms with van der Waals surface area (Å²) in [6, 6.07) is 5.66. The molecule has 2 aromatic rings. The Labute approximate surface area is 126 Å². The number of amides is 1. The Hall–Kier alpha value is -2.09. The Bertz CT molecular complexity index is 689. The lowest BCUT2D eigenvalue weighted by molar-refractivity contribution is -0.137. The molecule has 21 heavy (non-hydrogen) atoms. The summed E-state index contributed by atoms with van der Waals surface area (Å²) in [5.74, 6) is -0.523. The van der Waals surface area contributed by atoms with Crippen LogP contribution in [0.1, 0.15) is 15.9 Å². The van der Waals surface area contributed by atoms with Crippen LogP contribution in [0.25, 0.3) is 0 Å². The van der Waals surface area contributed by atoms with Gasteiger partial charge in [-0.1, -0.05) is 6.07 Å². The number of nitrogens with two attached hydrogens (primary N) is 1. The smallest absolute Gasteiger partial charge is 0.397 e. The summed E-state index contributed by atoms with van der Waals surface area (Å²) in [6.45, 7) is 0. The second kappa shape index (κ2) is 5.72. The maximum absolute atomic E-state index is 12.6. The average molecular weight is 360 g/mol. The van der Waals surface area contributed by atoms with Gasteiger partial charge in [0.1, 0.15) is 5.82 Å². The van der Waals surface area contributed by atoms with E-state index in [2.05, 4.69) is 26.2 Å². The molecule has 0 aliphatic rings. The second-order valence-corrected chi connectivity index (χ2v) is 4.99. The molecule has 0 radical (unpaired) electrons. The first-order valence-corrected chi connectivity index (χ1v) is 6.46. The molecule has 0 spiro atoms. The number of nitrogens with zero attached hydrogens (tertiary/aromatic N) is 1. The highest BCUT2D eigenvalue weighted by Gasteiger charge is 2.30. The van der Waals surface area contributed by atoms with Crippen molar-refractivity contribution in [1.82, 2.24) is 4.98 Å².